The number of allylic oxidation sites excluding steroid dienone is 1. The number of carbonyl (C=O) groups is 1. The molecule has 0 spiro atoms. The molecule has 0 fully saturated rings. The first-order valence-corrected chi connectivity index (χ1v) is 9.01. The number of hydrogen-bond donors (Lipinski definition) is 0. The molecule has 0 unspecified atom stereocenters. The first kappa shape index (κ1) is 17.5. The zero-order valence-corrected chi connectivity index (χ0v) is 15.8. The third-order valence-electron chi connectivity index (χ3n) is 4.92. The summed E-state index contributed by atoms with van der Waals surface area (Å²) in [5, 5.41) is 0. The molecule has 2 heterocycles. The normalized spacial score (nSPS) is 18.6. The minimum atomic E-state index is -0.462. The molecule has 0 aliphatic carbocycles. The van der Waals surface area contributed by atoms with Gasteiger partial charge >= 0.3 is 0 Å². The Morgan fingerprint density at radius 1 is 1.15 bits per heavy atom. The molecular weight excluding hydrogens is 343 g/mol. The fraction of sp³-hybridized carbons (Fsp3) is 0.273. The van der Waals surface area contributed by atoms with Gasteiger partial charge < -0.3 is 4.74 Å². The van der Waals surface area contributed by atoms with Crippen LogP contribution in [0, 0.1) is 5.82 Å². The summed E-state index contributed by atoms with van der Waals surface area (Å²) in [6, 6.07) is 9.67. The Labute approximate surface area is 158 Å². The fourth-order valence-electron chi connectivity index (χ4n) is 3.88. The Hall–Kier alpha value is -2.95. The van der Waals surface area contributed by atoms with Crippen molar-refractivity contribution in [2.45, 2.75) is 33.2 Å². The van der Waals surface area contributed by atoms with Crippen molar-refractivity contribution in [3.63, 3.8) is 0 Å². The average Bonchev–Trinajstić information content (AvgIpc) is 2.88. The molecule has 0 aromatic heterocycles. The van der Waals surface area contributed by atoms with Gasteiger partial charge in [-0.2, -0.15) is 0 Å². The highest BCUT2D eigenvalue weighted by Gasteiger charge is 2.45. The molecule has 2 aliphatic rings. The van der Waals surface area contributed by atoms with Crippen LogP contribution in [0.15, 0.2) is 47.5 Å². The molecule has 0 atom stereocenters. The summed E-state index contributed by atoms with van der Waals surface area (Å²) >= 11 is 0. The molecule has 0 saturated carbocycles. The van der Waals surface area contributed by atoms with E-state index in [9.17, 15) is 9.18 Å². The van der Waals surface area contributed by atoms with Crippen molar-refractivity contribution in [2.75, 3.05) is 11.5 Å². The van der Waals surface area contributed by atoms with E-state index in [0.717, 1.165) is 22.4 Å². The lowest BCUT2D eigenvalue weighted by molar-refractivity contribution is -0.112. The maximum atomic E-state index is 13.3. The molecule has 4 nitrogen and oxygen atoms in total. The average molecular weight is 364 g/mol. The lowest BCUT2D eigenvalue weighted by Gasteiger charge is -2.38. The van der Waals surface area contributed by atoms with Gasteiger partial charge in [0.2, 0.25) is 0 Å². The third-order valence-corrected chi connectivity index (χ3v) is 4.92. The summed E-state index contributed by atoms with van der Waals surface area (Å²) in [7, 11) is 0. The van der Waals surface area contributed by atoms with Crippen molar-refractivity contribution in [1.29, 1.82) is 0 Å². The van der Waals surface area contributed by atoms with Crippen LogP contribution < -0.4 is 9.64 Å². The standard InChI is InChI=1S/C22H21FN2O2/c1-5-27-16-10-17-13(2)12-22(3,4)25-20(17)18(11-16)19(21(25)26)24-15-8-6-14(23)7-9-15/h6-12H,5H2,1-4H3. The topological polar surface area (TPSA) is 41.9 Å². The van der Waals surface area contributed by atoms with Crippen molar-refractivity contribution in [1.82, 2.24) is 0 Å². The fourth-order valence-corrected chi connectivity index (χ4v) is 3.88. The van der Waals surface area contributed by atoms with E-state index in [0.29, 0.717) is 23.8 Å². The zero-order valence-electron chi connectivity index (χ0n) is 15.8. The minimum absolute atomic E-state index is 0.155. The van der Waals surface area contributed by atoms with E-state index >= 15 is 0 Å². The summed E-state index contributed by atoms with van der Waals surface area (Å²) in [4.78, 5) is 19.6. The number of anilines is 1. The lowest BCUT2D eigenvalue weighted by Crippen LogP contribution is -2.47. The molecule has 4 rings (SSSR count). The Morgan fingerprint density at radius 2 is 1.81 bits per heavy atom. The summed E-state index contributed by atoms with van der Waals surface area (Å²) in [6.07, 6.45) is 2.09. The lowest BCUT2D eigenvalue weighted by atomic mass is 9.89. The number of amides is 1. The van der Waals surface area contributed by atoms with Gasteiger partial charge in [0.25, 0.3) is 5.91 Å². The number of ether oxygens (including phenoxy) is 1. The number of rotatable bonds is 3. The van der Waals surface area contributed by atoms with Gasteiger partial charge in [-0.3, -0.25) is 9.69 Å². The molecule has 0 N–H and O–H groups in total. The molecule has 0 radical (unpaired) electrons. The van der Waals surface area contributed by atoms with Crippen LogP contribution in [0.25, 0.3) is 5.57 Å². The third kappa shape index (κ3) is 2.74. The van der Waals surface area contributed by atoms with Gasteiger partial charge in [0.05, 0.1) is 23.5 Å². The smallest absolute Gasteiger partial charge is 0.278 e. The van der Waals surface area contributed by atoms with Gasteiger partial charge in [-0.05, 0) is 69.7 Å². The van der Waals surface area contributed by atoms with E-state index in [1.54, 1.807) is 17.0 Å². The predicted octanol–water partition coefficient (Wildman–Crippen LogP) is 4.89. The number of aliphatic imine (C=N–C) groups is 1. The molecule has 1 amide bonds. The van der Waals surface area contributed by atoms with Gasteiger partial charge in [-0.25, -0.2) is 9.38 Å². The maximum absolute atomic E-state index is 13.3. The largest absolute Gasteiger partial charge is 0.494 e. The zero-order chi connectivity index (χ0) is 19.3. The summed E-state index contributed by atoms with van der Waals surface area (Å²) < 4.78 is 19.0. The second-order valence-corrected chi connectivity index (χ2v) is 7.36. The monoisotopic (exact) mass is 364 g/mol. The van der Waals surface area contributed by atoms with E-state index < -0.39 is 5.54 Å². The van der Waals surface area contributed by atoms with E-state index in [1.165, 1.54) is 12.1 Å². The Bertz CT molecular complexity index is 1000. The van der Waals surface area contributed by atoms with E-state index in [1.807, 2.05) is 39.8 Å². The van der Waals surface area contributed by atoms with E-state index in [4.69, 9.17) is 4.74 Å². The van der Waals surface area contributed by atoms with Gasteiger partial charge in [0.1, 0.15) is 17.3 Å². The van der Waals surface area contributed by atoms with Gasteiger partial charge in [0, 0.05) is 11.1 Å². The van der Waals surface area contributed by atoms with Gasteiger partial charge in [-0.1, -0.05) is 6.08 Å². The van der Waals surface area contributed by atoms with E-state index in [-0.39, 0.29) is 11.7 Å². The molecule has 0 bridgehead atoms. The highest BCUT2D eigenvalue weighted by atomic mass is 19.1. The highest BCUT2D eigenvalue weighted by molar-refractivity contribution is 6.55. The molecule has 2 aromatic carbocycles. The summed E-state index contributed by atoms with van der Waals surface area (Å²) in [5.41, 5.74) is 4.14. The van der Waals surface area contributed by atoms with Crippen molar-refractivity contribution in [3.05, 3.63) is 59.4 Å². The second-order valence-electron chi connectivity index (χ2n) is 7.36. The molecular formula is C22H21FN2O2. The van der Waals surface area contributed by atoms with Crippen molar-refractivity contribution in [3.8, 4) is 5.75 Å². The van der Waals surface area contributed by atoms with Gasteiger partial charge in [0.15, 0.2) is 0 Å². The maximum Gasteiger partial charge on any atom is 0.278 e. The van der Waals surface area contributed by atoms with Crippen LogP contribution in [0.1, 0.15) is 38.8 Å². The molecule has 2 aliphatic heterocycles. The summed E-state index contributed by atoms with van der Waals surface area (Å²) in [6.45, 7) is 8.53. The van der Waals surface area contributed by atoms with Crippen LogP contribution in [0.4, 0.5) is 15.8 Å². The van der Waals surface area contributed by atoms with Crippen LogP contribution in [0.2, 0.25) is 0 Å². The quantitative estimate of drug-likeness (QED) is 0.778. The first-order valence-electron chi connectivity index (χ1n) is 9.01. The van der Waals surface area contributed by atoms with Crippen LogP contribution >= 0.6 is 0 Å². The van der Waals surface area contributed by atoms with Crippen LogP contribution in [0.3, 0.4) is 0 Å². The van der Waals surface area contributed by atoms with Crippen LogP contribution in [0.5, 0.6) is 5.75 Å². The van der Waals surface area contributed by atoms with Gasteiger partial charge in [-0.15, -0.1) is 0 Å². The van der Waals surface area contributed by atoms with Crippen LogP contribution in [-0.4, -0.2) is 23.8 Å². The van der Waals surface area contributed by atoms with Crippen LogP contribution in [-0.2, 0) is 4.79 Å². The SMILES string of the molecule is CCOc1cc2c3c(c1)C(=Nc1ccc(F)cc1)C(=O)N3C(C)(C)C=C2C. The van der Waals surface area contributed by atoms with Crippen molar-refractivity contribution >= 4 is 28.6 Å². The number of nitrogens with zero attached hydrogens (tertiary/aromatic N) is 2. The first-order chi connectivity index (χ1) is 12.8. The number of hydrogen-bond acceptors (Lipinski definition) is 3. The summed E-state index contributed by atoms with van der Waals surface area (Å²) in [5.74, 6) is 0.219. The van der Waals surface area contributed by atoms with Crippen molar-refractivity contribution in [2.24, 2.45) is 4.99 Å². The number of benzene rings is 2. The number of halogens is 1. The molecule has 5 heteroatoms. The minimum Gasteiger partial charge on any atom is -0.494 e. The van der Waals surface area contributed by atoms with Crippen molar-refractivity contribution < 1.29 is 13.9 Å². The Kier molecular flexibility index (Phi) is 3.91. The second kappa shape index (κ2) is 6.05. The molecule has 2 aromatic rings. The highest BCUT2D eigenvalue weighted by Crippen LogP contribution is 2.47. The Balaban J connectivity index is 1.96. The predicted molar refractivity (Wildman–Crippen MR) is 105 cm³/mol. The molecule has 27 heavy (non-hydrogen) atoms. The number of carbonyl (C=O) groups excluding carboxylic acids is 1. The molecule has 138 valence electrons. The Morgan fingerprint density at radius 3 is 2.48 bits per heavy atom. The van der Waals surface area contributed by atoms with E-state index in [2.05, 4.69) is 11.1 Å². The molecule has 0 saturated heterocycles.